The van der Waals surface area contributed by atoms with Crippen molar-refractivity contribution in [3.05, 3.63) is 42.1 Å². The van der Waals surface area contributed by atoms with Crippen LogP contribution in [0, 0.1) is 0 Å². The number of para-hydroxylation sites is 1. The van der Waals surface area contributed by atoms with E-state index in [9.17, 15) is 4.79 Å². The molecule has 0 spiro atoms. The Hall–Kier alpha value is -2.30. The van der Waals surface area contributed by atoms with Gasteiger partial charge < -0.3 is 9.64 Å². The molecule has 0 unspecified atom stereocenters. The number of nitrogens with zero attached hydrogens (tertiary/aromatic N) is 3. The average Bonchev–Trinajstić information content (AvgIpc) is 2.85. The van der Waals surface area contributed by atoms with Gasteiger partial charge in [0.15, 0.2) is 0 Å². The lowest BCUT2D eigenvalue weighted by Crippen LogP contribution is -2.31. The molecule has 0 radical (unpaired) electrons. The average molecular weight is 287 g/mol. The number of rotatable bonds is 6. The van der Waals surface area contributed by atoms with Crippen molar-refractivity contribution in [2.45, 2.75) is 20.3 Å². The quantitative estimate of drug-likeness (QED) is 0.820. The Labute approximate surface area is 125 Å². The Kier molecular flexibility index (Phi) is 4.98. The van der Waals surface area contributed by atoms with Gasteiger partial charge >= 0.3 is 0 Å². The van der Waals surface area contributed by atoms with Crippen LogP contribution in [0.15, 0.2) is 36.5 Å². The summed E-state index contributed by atoms with van der Waals surface area (Å²) in [5.41, 5.74) is 0.497. The second-order valence-corrected chi connectivity index (χ2v) is 4.82. The number of hydrogen-bond acceptors (Lipinski definition) is 3. The van der Waals surface area contributed by atoms with Crippen LogP contribution in [-0.4, -0.2) is 33.7 Å². The van der Waals surface area contributed by atoms with Gasteiger partial charge in [-0.25, -0.2) is 0 Å². The van der Waals surface area contributed by atoms with Crippen molar-refractivity contribution in [3.8, 4) is 11.6 Å². The molecule has 0 aliphatic carbocycles. The fraction of sp³-hybridized carbons (Fsp3) is 0.375. The van der Waals surface area contributed by atoms with Crippen LogP contribution in [0.3, 0.4) is 0 Å². The van der Waals surface area contributed by atoms with Gasteiger partial charge in [-0.15, -0.1) is 5.10 Å². The van der Waals surface area contributed by atoms with E-state index in [1.165, 1.54) is 0 Å². The molecule has 112 valence electrons. The highest BCUT2D eigenvalue weighted by Crippen LogP contribution is 2.24. The van der Waals surface area contributed by atoms with Crippen LogP contribution >= 0.6 is 0 Å². The highest BCUT2D eigenvalue weighted by Gasteiger charge is 2.21. The maximum absolute atomic E-state index is 12.6. The van der Waals surface area contributed by atoms with E-state index in [-0.39, 0.29) is 5.91 Å². The van der Waals surface area contributed by atoms with Crippen LogP contribution < -0.4 is 4.74 Å². The summed E-state index contributed by atoms with van der Waals surface area (Å²) in [4.78, 5) is 14.4. The van der Waals surface area contributed by atoms with E-state index < -0.39 is 0 Å². The summed E-state index contributed by atoms with van der Waals surface area (Å²) in [6.45, 7) is 5.43. The number of ether oxygens (including phenoxy) is 1. The van der Waals surface area contributed by atoms with E-state index in [2.05, 4.69) is 12.0 Å². The zero-order valence-electron chi connectivity index (χ0n) is 12.7. The fourth-order valence-corrected chi connectivity index (χ4v) is 2.13. The number of carbonyl (C=O) groups is 1. The van der Waals surface area contributed by atoms with Crippen LogP contribution in [0.5, 0.6) is 11.6 Å². The Morgan fingerprint density at radius 3 is 2.62 bits per heavy atom. The molecule has 2 aromatic rings. The number of aryl methyl sites for hydroxylation is 1. The van der Waals surface area contributed by atoms with Crippen LogP contribution in [0.2, 0.25) is 0 Å². The summed E-state index contributed by atoms with van der Waals surface area (Å²) in [5, 5.41) is 4.25. The van der Waals surface area contributed by atoms with Crippen molar-refractivity contribution in [3.63, 3.8) is 0 Å². The van der Waals surface area contributed by atoms with Gasteiger partial charge in [0.2, 0.25) is 0 Å². The number of hydrogen-bond donors (Lipinski definition) is 0. The van der Waals surface area contributed by atoms with Crippen molar-refractivity contribution in [2.24, 2.45) is 7.05 Å². The molecule has 0 aliphatic rings. The second kappa shape index (κ2) is 6.92. The lowest BCUT2D eigenvalue weighted by molar-refractivity contribution is 0.0762. The topological polar surface area (TPSA) is 47.4 Å². The molecule has 5 heteroatoms. The van der Waals surface area contributed by atoms with E-state index in [4.69, 9.17) is 4.74 Å². The summed E-state index contributed by atoms with van der Waals surface area (Å²) >= 11 is 0. The molecule has 1 amide bonds. The molecule has 0 atom stereocenters. The number of aromatic nitrogens is 2. The van der Waals surface area contributed by atoms with Crippen LogP contribution in [-0.2, 0) is 7.05 Å². The molecule has 0 saturated carbocycles. The minimum atomic E-state index is -0.0432. The van der Waals surface area contributed by atoms with Crippen LogP contribution in [0.4, 0.5) is 0 Å². The van der Waals surface area contributed by atoms with Gasteiger partial charge in [0.1, 0.15) is 11.3 Å². The smallest absolute Gasteiger partial charge is 0.260 e. The van der Waals surface area contributed by atoms with E-state index >= 15 is 0 Å². The summed E-state index contributed by atoms with van der Waals surface area (Å²) in [5.74, 6) is 0.977. The van der Waals surface area contributed by atoms with Crippen molar-refractivity contribution in [1.29, 1.82) is 0 Å². The zero-order valence-corrected chi connectivity index (χ0v) is 12.7. The Morgan fingerprint density at radius 1 is 1.29 bits per heavy atom. The molecule has 1 aromatic carbocycles. The summed E-state index contributed by atoms with van der Waals surface area (Å²) in [6, 6.07) is 9.36. The molecule has 1 aromatic heterocycles. The highest BCUT2D eigenvalue weighted by molar-refractivity contribution is 5.96. The van der Waals surface area contributed by atoms with Gasteiger partial charge in [-0.05, 0) is 25.5 Å². The minimum absolute atomic E-state index is 0.0432. The monoisotopic (exact) mass is 287 g/mol. The Morgan fingerprint density at radius 2 is 2.00 bits per heavy atom. The Bertz CT molecular complexity index is 593. The van der Waals surface area contributed by atoms with Crippen LogP contribution in [0.1, 0.15) is 30.6 Å². The van der Waals surface area contributed by atoms with Gasteiger partial charge in [-0.1, -0.05) is 25.1 Å². The predicted molar refractivity (Wildman–Crippen MR) is 81.6 cm³/mol. The third kappa shape index (κ3) is 3.62. The molecule has 0 fully saturated rings. The molecule has 0 N–H and O–H groups in total. The van der Waals surface area contributed by atoms with Crippen molar-refractivity contribution in [1.82, 2.24) is 14.7 Å². The molecular weight excluding hydrogens is 266 g/mol. The lowest BCUT2D eigenvalue weighted by atomic mass is 10.2. The summed E-state index contributed by atoms with van der Waals surface area (Å²) in [7, 11) is 1.78. The molecule has 2 rings (SSSR count). The van der Waals surface area contributed by atoms with Crippen molar-refractivity contribution in [2.75, 3.05) is 13.1 Å². The maximum atomic E-state index is 12.6. The molecule has 21 heavy (non-hydrogen) atoms. The van der Waals surface area contributed by atoms with Gasteiger partial charge in [-0.3, -0.25) is 9.48 Å². The first-order chi connectivity index (χ1) is 10.2. The lowest BCUT2D eigenvalue weighted by Gasteiger charge is -2.19. The molecular formula is C16H21N3O2. The van der Waals surface area contributed by atoms with Crippen molar-refractivity contribution >= 4 is 5.91 Å². The molecule has 5 nitrogen and oxygen atoms in total. The molecule has 1 heterocycles. The van der Waals surface area contributed by atoms with Crippen molar-refractivity contribution < 1.29 is 9.53 Å². The third-order valence-electron chi connectivity index (χ3n) is 3.15. The summed E-state index contributed by atoms with van der Waals surface area (Å²) < 4.78 is 7.35. The predicted octanol–water partition coefficient (Wildman–Crippen LogP) is 3.08. The normalized spacial score (nSPS) is 10.4. The standard InChI is InChI=1S/C16H21N3O2/c1-4-11-19(5-2)16(20)14-12-18(3)17-15(14)21-13-9-7-6-8-10-13/h6-10,12H,4-5,11H2,1-3H3. The largest absolute Gasteiger partial charge is 0.437 e. The fourth-order valence-electron chi connectivity index (χ4n) is 2.13. The van der Waals surface area contributed by atoms with Gasteiger partial charge in [0.25, 0.3) is 11.8 Å². The first kappa shape index (κ1) is 15.1. The number of amides is 1. The van der Waals surface area contributed by atoms with E-state index in [0.29, 0.717) is 23.7 Å². The third-order valence-corrected chi connectivity index (χ3v) is 3.15. The highest BCUT2D eigenvalue weighted by atomic mass is 16.5. The molecule has 0 aliphatic heterocycles. The summed E-state index contributed by atoms with van der Waals surface area (Å²) in [6.07, 6.45) is 2.63. The SMILES string of the molecule is CCCN(CC)C(=O)c1cn(C)nc1Oc1ccccc1. The molecule has 0 saturated heterocycles. The number of carbonyl (C=O) groups excluding carboxylic acids is 1. The van der Waals surface area contributed by atoms with E-state index in [1.807, 2.05) is 37.3 Å². The van der Waals surface area contributed by atoms with E-state index in [0.717, 1.165) is 13.0 Å². The van der Waals surface area contributed by atoms with Gasteiger partial charge in [-0.2, -0.15) is 0 Å². The van der Waals surface area contributed by atoms with Crippen LogP contribution in [0.25, 0.3) is 0 Å². The van der Waals surface area contributed by atoms with E-state index in [1.54, 1.807) is 22.8 Å². The van der Waals surface area contributed by atoms with Gasteiger partial charge in [0, 0.05) is 26.3 Å². The van der Waals surface area contributed by atoms with Gasteiger partial charge in [0.05, 0.1) is 0 Å². The number of benzene rings is 1. The molecule has 0 bridgehead atoms. The Balaban J connectivity index is 2.26. The first-order valence-electron chi connectivity index (χ1n) is 7.21. The maximum Gasteiger partial charge on any atom is 0.260 e. The second-order valence-electron chi connectivity index (χ2n) is 4.82. The minimum Gasteiger partial charge on any atom is -0.437 e. The first-order valence-corrected chi connectivity index (χ1v) is 7.21. The zero-order chi connectivity index (χ0) is 15.2.